The first-order valence-corrected chi connectivity index (χ1v) is 5.10. The molecule has 1 amide bonds. The number of nitrogens with one attached hydrogen (secondary N) is 1. The number of hydrogen-bond donors (Lipinski definition) is 1. The van der Waals surface area contributed by atoms with Crippen molar-refractivity contribution in [3.63, 3.8) is 0 Å². The highest BCUT2D eigenvalue weighted by Gasteiger charge is 2.12. The molecule has 0 aliphatic rings. The van der Waals surface area contributed by atoms with Gasteiger partial charge in [-0.2, -0.15) is 5.26 Å². The summed E-state index contributed by atoms with van der Waals surface area (Å²) in [6.45, 7) is 0.0726. The van der Waals surface area contributed by atoms with Gasteiger partial charge in [0, 0.05) is 5.33 Å². The molecular formula is C6H8Br2N2O. The molecular weight excluding hydrogens is 276 g/mol. The van der Waals surface area contributed by atoms with Crippen LogP contribution in [0.5, 0.6) is 0 Å². The van der Waals surface area contributed by atoms with Gasteiger partial charge in [0.15, 0.2) is 0 Å². The number of nitriles is 1. The molecule has 11 heavy (non-hydrogen) atoms. The molecule has 0 heterocycles. The van der Waals surface area contributed by atoms with Crippen molar-refractivity contribution in [1.29, 1.82) is 5.26 Å². The molecule has 0 spiro atoms. The minimum atomic E-state index is -0.199. The van der Waals surface area contributed by atoms with Gasteiger partial charge in [-0.25, -0.2) is 0 Å². The quantitative estimate of drug-likeness (QED) is 0.622. The van der Waals surface area contributed by atoms with Crippen LogP contribution in [-0.2, 0) is 4.79 Å². The zero-order valence-corrected chi connectivity index (χ0v) is 8.98. The minimum absolute atomic E-state index is 0.0726. The van der Waals surface area contributed by atoms with Gasteiger partial charge in [0.05, 0.1) is 10.9 Å². The summed E-state index contributed by atoms with van der Waals surface area (Å²) in [5.74, 6) is -0.133. The molecule has 0 saturated heterocycles. The van der Waals surface area contributed by atoms with Crippen LogP contribution < -0.4 is 5.32 Å². The number of hydrogen-bond acceptors (Lipinski definition) is 2. The number of halogens is 2. The summed E-state index contributed by atoms with van der Waals surface area (Å²) in [5, 5.41) is 11.4. The largest absolute Gasteiger partial charge is 0.342 e. The van der Waals surface area contributed by atoms with Crippen molar-refractivity contribution in [2.45, 2.75) is 11.2 Å². The van der Waals surface area contributed by atoms with Gasteiger partial charge in [-0.3, -0.25) is 4.79 Å². The first kappa shape index (κ1) is 10.9. The van der Waals surface area contributed by atoms with E-state index in [1.807, 2.05) is 6.07 Å². The lowest BCUT2D eigenvalue weighted by molar-refractivity contribution is -0.120. The van der Waals surface area contributed by atoms with E-state index in [2.05, 4.69) is 37.2 Å². The molecule has 5 heteroatoms. The van der Waals surface area contributed by atoms with Crippen LogP contribution in [0.25, 0.3) is 0 Å². The summed E-state index contributed by atoms with van der Waals surface area (Å²) in [7, 11) is 0. The molecule has 0 aromatic rings. The van der Waals surface area contributed by atoms with Crippen molar-refractivity contribution < 1.29 is 4.79 Å². The van der Waals surface area contributed by atoms with Gasteiger partial charge in [-0.1, -0.05) is 31.9 Å². The summed E-state index contributed by atoms with van der Waals surface area (Å²) in [6.07, 6.45) is 0.720. The van der Waals surface area contributed by atoms with Gasteiger partial charge in [0.1, 0.15) is 6.54 Å². The van der Waals surface area contributed by atoms with Gasteiger partial charge >= 0.3 is 0 Å². The fraction of sp³-hybridized carbons (Fsp3) is 0.667. The predicted octanol–water partition coefficient (Wildman–Crippen LogP) is 1.17. The maximum atomic E-state index is 11.0. The molecule has 0 aliphatic heterocycles. The third kappa shape index (κ3) is 5.22. The number of amides is 1. The highest BCUT2D eigenvalue weighted by molar-refractivity contribution is 9.10. The van der Waals surface area contributed by atoms with Crippen molar-refractivity contribution in [2.75, 3.05) is 11.9 Å². The second-order valence-electron chi connectivity index (χ2n) is 1.82. The molecule has 0 bridgehead atoms. The van der Waals surface area contributed by atoms with E-state index in [-0.39, 0.29) is 17.3 Å². The maximum absolute atomic E-state index is 11.0. The molecule has 0 aromatic heterocycles. The molecule has 3 nitrogen and oxygen atoms in total. The lowest BCUT2D eigenvalue weighted by Crippen LogP contribution is -2.31. The topological polar surface area (TPSA) is 52.9 Å². The average molecular weight is 284 g/mol. The van der Waals surface area contributed by atoms with E-state index in [1.54, 1.807) is 0 Å². The van der Waals surface area contributed by atoms with Gasteiger partial charge in [0.2, 0.25) is 5.91 Å². The first-order chi connectivity index (χ1) is 5.22. The Kier molecular flexibility index (Phi) is 6.57. The molecule has 1 N–H and O–H groups in total. The average Bonchev–Trinajstić information content (AvgIpc) is 2.00. The fourth-order valence-corrected chi connectivity index (χ4v) is 1.93. The van der Waals surface area contributed by atoms with E-state index in [0.29, 0.717) is 0 Å². The van der Waals surface area contributed by atoms with Crippen molar-refractivity contribution in [3.05, 3.63) is 0 Å². The van der Waals surface area contributed by atoms with Crippen LogP contribution in [0, 0.1) is 11.3 Å². The van der Waals surface area contributed by atoms with E-state index < -0.39 is 0 Å². The summed E-state index contributed by atoms with van der Waals surface area (Å²) in [6, 6.07) is 1.83. The summed E-state index contributed by atoms with van der Waals surface area (Å²) >= 11 is 6.39. The molecule has 0 radical (unpaired) electrons. The predicted molar refractivity (Wildman–Crippen MR) is 49.7 cm³/mol. The van der Waals surface area contributed by atoms with Crippen LogP contribution in [0.3, 0.4) is 0 Å². The van der Waals surface area contributed by atoms with Crippen LogP contribution in [0.2, 0.25) is 0 Å². The summed E-state index contributed by atoms with van der Waals surface area (Å²) in [5.41, 5.74) is 0. The van der Waals surface area contributed by atoms with Crippen LogP contribution in [0.1, 0.15) is 6.42 Å². The SMILES string of the molecule is N#CCNC(=O)[C@@H](Br)CCBr. The van der Waals surface area contributed by atoms with E-state index in [0.717, 1.165) is 11.8 Å². The van der Waals surface area contributed by atoms with Crippen LogP contribution >= 0.6 is 31.9 Å². The summed E-state index contributed by atoms with van der Waals surface area (Å²) in [4.78, 5) is 10.8. The highest BCUT2D eigenvalue weighted by Crippen LogP contribution is 2.06. The van der Waals surface area contributed by atoms with E-state index >= 15 is 0 Å². The van der Waals surface area contributed by atoms with Gasteiger partial charge in [-0.05, 0) is 6.42 Å². The lowest BCUT2D eigenvalue weighted by Gasteiger charge is -2.05. The smallest absolute Gasteiger partial charge is 0.234 e. The number of nitrogens with zero attached hydrogens (tertiary/aromatic N) is 1. The van der Waals surface area contributed by atoms with E-state index in [9.17, 15) is 4.79 Å². The first-order valence-electron chi connectivity index (χ1n) is 3.07. The molecule has 0 saturated carbocycles. The molecule has 0 rings (SSSR count). The second-order valence-corrected chi connectivity index (χ2v) is 3.72. The van der Waals surface area contributed by atoms with Crippen LogP contribution in [0.4, 0.5) is 0 Å². The fourth-order valence-electron chi connectivity index (χ4n) is 0.464. The Balaban J connectivity index is 3.57. The zero-order valence-electron chi connectivity index (χ0n) is 5.81. The zero-order chi connectivity index (χ0) is 8.69. The Morgan fingerprint density at radius 3 is 2.82 bits per heavy atom. The third-order valence-corrected chi connectivity index (χ3v) is 2.32. The van der Waals surface area contributed by atoms with E-state index in [4.69, 9.17) is 5.26 Å². The number of carbonyl (C=O) groups excluding carboxylic acids is 1. The molecule has 0 fully saturated rings. The Bertz CT molecular complexity index is 166. The Morgan fingerprint density at radius 1 is 1.73 bits per heavy atom. The maximum Gasteiger partial charge on any atom is 0.234 e. The Hall–Kier alpha value is -0.0800. The second kappa shape index (κ2) is 6.62. The molecule has 0 aromatic carbocycles. The standard InChI is InChI=1S/C6H8Br2N2O/c7-2-1-5(8)6(11)10-4-3-9/h5H,1-2,4H2,(H,10,11)/t5-/m0/s1. The highest BCUT2D eigenvalue weighted by atomic mass is 79.9. The van der Waals surface area contributed by atoms with Gasteiger partial charge in [0.25, 0.3) is 0 Å². The number of carbonyl (C=O) groups is 1. The number of rotatable bonds is 4. The third-order valence-electron chi connectivity index (χ3n) is 0.989. The van der Waals surface area contributed by atoms with Gasteiger partial charge < -0.3 is 5.32 Å². The monoisotopic (exact) mass is 282 g/mol. The molecule has 0 unspecified atom stereocenters. The minimum Gasteiger partial charge on any atom is -0.342 e. The normalized spacial score (nSPS) is 11.7. The summed E-state index contributed by atoms with van der Waals surface area (Å²) < 4.78 is 0. The van der Waals surface area contributed by atoms with Gasteiger partial charge in [-0.15, -0.1) is 0 Å². The van der Waals surface area contributed by atoms with Crippen molar-refractivity contribution in [1.82, 2.24) is 5.32 Å². The van der Waals surface area contributed by atoms with Crippen molar-refractivity contribution >= 4 is 37.8 Å². The van der Waals surface area contributed by atoms with Crippen LogP contribution in [-0.4, -0.2) is 22.6 Å². The van der Waals surface area contributed by atoms with Crippen LogP contribution in [0.15, 0.2) is 0 Å². The number of alkyl halides is 2. The van der Waals surface area contributed by atoms with Crippen molar-refractivity contribution in [3.8, 4) is 6.07 Å². The molecule has 62 valence electrons. The van der Waals surface area contributed by atoms with E-state index in [1.165, 1.54) is 0 Å². The molecule has 0 aliphatic carbocycles. The Morgan fingerprint density at radius 2 is 2.36 bits per heavy atom. The lowest BCUT2D eigenvalue weighted by atomic mass is 10.3. The molecule has 1 atom stereocenters. The Labute approximate surface area is 82.4 Å². The van der Waals surface area contributed by atoms with Crippen molar-refractivity contribution in [2.24, 2.45) is 0 Å².